The van der Waals surface area contributed by atoms with Crippen molar-refractivity contribution in [3.63, 3.8) is 0 Å². The Bertz CT molecular complexity index is 1210. The van der Waals surface area contributed by atoms with Crippen LogP contribution >= 0.6 is 11.5 Å². The molecule has 4 rings (SSSR count). The number of hydrogen-bond donors (Lipinski definition) is 3. The lowest BCUT2D eigenvalue weighted by Crippen LogP contribution is -2.30. The maximum atomic E-state index is 12.6. The molecule has 0 aliphatic carbocycles. The monoisotopic (exact) mass is 405 g/mol. The summed E-state index contributed by atoms with van der Waals surface area (Å²) >= 11 is 1.18. The smallest absolute Gasteiger partial charge is 0.322 e. The largest absolute Gasteiger partial charge is 0.505 e. The van der Waals surface area contributed by atoms with E-state index in [1.165, 1.54) is 11.5 Å². The number of pyridine rings is 1. The number of aromatic hydroxyl groups is 1. The molecule has 3 N–H and O–H groups in total. The Morgan fingerprint density at radius 1 is 0.931 bits per heavy atom. The predicted octanol–water partition coefficient (Wildman–Crippen LogP) is 3.55. The molecule has 0 aliphatic heterocycles. The molecular weight excluding hydrogens is 390 g/mol. The number of benzene rings is 2. The Labute approximate surface area is 169 Å². The van der Waals surface area contributed by atoms with E-state index in [0.29, 0.717) is 21.5 Å². The summed E-state index contributed by atoms with van der Waals surface area (Å²) in [5, 5.41) is 22.4. The number of nitrogens with one attached hydrogen (secondary N) is 1. The van der Waals surface area contributed by atoms with Crippen LogP contribution in [0.1, 0.15) is 10.5 Å². The van der Waals surface area contributed by atoms with E-state index in [4.69, 9.17) is 5.11 Å². The normalized spacial score (nSPS) is 10.8. The van der Waals surface area contributed by atoms with Gasteiger partial charge in [0.2, 0.25) is 0 Å². The second-order valence-corrected chi connectivity index (χ2v) is 6.97. The van der Waals surface area contributed by atoms with E-state index in [2.05, 4.69) is 14.7 Å². The Hall–Kier alpha value is -3.78. The van der Waals surface area contributed by atoms with Gasteiger partial charge in [0, 0.05) is 11.1 Å². The van der Waals surface area contributed by atoms with E-state index < -0.39 is 18.4 Å². The summed E-state index contributed by atoms with van der Waals surface area (Å²) in [4.78, 5) is 27.7. The fourth-order valence-electron chi connectivity index (χ4n) is 2.99. The Kier molecular flexibility index (Phi) is 4.92. The average molecular weight is 405 g/mol. The van der Waals surface area contributed by atoms with Crippen LogP contribution in [0.2, 0.25) is 0 Å². The second kappa shape index (κ2) is 7.69. The van der Waals surface area contributed by atoms with Crippen molar-refractivity contribution in [1.29, 1.82) is 0 Å². The first kappa shape index (κ1) is 18.6. The number of amides is 1. The van der Waals surface area contributed by atoms with Crippen LogP contribution in [0.3, 0.4) is 0 Å². The molecule has 8 heteroatoms. The van der Waals surface area contributed by atoms with Crippen molar-refractivity contribution < 1.29 is 19.8 Å². The molecule has 1 amide bonds. The molecule has 2 heterocycles. The third kappa shape index (κ3) is 3.53. The lowest BCUT2D eigenvalue weighted by atomic mass is 10.0. The number of aromatic nitrogens is 2. The fraction of sp³-hybridized carbons (Fsp3) is 0.0476. The zero-order valence-corrected chi connectivity index (χ0v) is 15.8. The number of aliphatic carboxylic acids is 1. The number of carbonyl (C=O) groups is 2. The highest BCUT2D eigenvalue weighted by molar-refractivity contribution is 7.14. The van der Waals surface area contributed by atoms with E-state index in [9.17, 15) is 14.7 Å². The van der Waals surface area contributed by atoms with E-state index in [-0.39, 0.29) is 11.4 Å². The van der Waals surface area contributed by atoms with Crippen molar-refractivity contribution >= 4 is 33.5 Å². The molecule has 2 aromatic carbocycles. The molecule has 0 fully saturated rings. The number of carboxylic acid groups (broad SMARTS) is 1. The van der Waals surface area contributed by atoms with Gasteiger partial charge in [-0.05, 0) is 11.5 Å². The molecule has 0 saturated carbocycles. The molecule has 2 aromatic heterocycles. The second-order valence-electron chi connectivity index (χ2n) is 6.20. The van der Waals surface area contributed by atoms with Crippen LogP contribution in [0.4, 0.5) is 0 Å². The zero-order valence-electron chi connectivity index (χ0n) is 15.0. The number of carboxylic acids is 1. The Morgan fingerprint density at radius 3 is 2.10 bits per heavy atom. The molecule has 0 radical (unpaired) electrons. The maximum absolute atomic E-state index is 12.6. The number of hydrogen-bond acceptors (Lipinski definition) is 6. The minimum absolute atomic E-state index is 0.241. The average Bonchev–Trinajstić information content (AvgIpc) is 3.19. The molecule has 0 unspecified atom stereocenters. The minimum Gasteiger partial charge on any atom is -0.505 e. The molecule has 144 valence electrons. The van der Waals surface area contributed by atoms with Gasteiger partial charge in [-0.1, -0.05) is 60.7 Å². The van der Waals surface area contributed by atoms with Gasteiger partial charge in [0.15, 0.2) is 11.4 Å². The number of rotatable bonds is 5. The van der Waals surface area contributed by atoms with Gasteiger partial charge in [-0.3, -0.25) is 9.59 Å². The van der Waals surface area contributed by atoms with Crippen LogP contribution in [0, 0.1) is 0 Å². The van der Waals surface area contributed by atoms with E-state index in [1.54, 1.807) is 0 Å². The fourth-order valence-corrected chi connectivity index (χ4v) is 3.90. The van der Waals surface area contributed by atoms with E-state index in [1.807, 2.05) is 60.7 Å². The first-order valence-electron chi connectivity index (χ1n) is 8.69. The van der Waals surface area contributed by atoms with Crippen LogP contribution < -0.4 is 5.32 Å². The van der Waals surface area contributed by atoms with Gasteiger partial charge in [-0.25, -0.2) is 4.98 Å². The summed E-state index contributed by atoms with van der Waals surface area (Å²) in [5.74, 6) is -2.28. The van der Waals surface area contributed by atoms with Crippen LogP contribution in [-0.4, -0.2) is 38.0 Å². The van der Waals surface area contributed by atoms with Gasteiger partial charge in [0.05, 0.1) is 21.5 Å². The summed E-state index contributed by atoms with van der Waals surface area (Å²) in [5.41, 5.74) is 2.34. The van der Waals surface area contributed by atoms with Crippen LogP contribution in [-0.2, 0) is 4.79 Å². The van der Waals surface area contributed by atoms with E-state index in [0.717, 1.165) is 11.1 Å². The minimum atomic E-state index is -1.19. The lowest BCUT2D eigenvalue weighted by Gasteiger charge is -2.10. The quantitative estimate of drug-likeness (QED) is 0.468. The Balaban J connectivity index is 1.97. The number of fused-ring (bicyclic) bond motifs is 1. The third-order valence-electron chi connectivity index (χ3n) is 4.30. The van der Waals surface area contributed by atoms with Gasteiger partial charge in [-0.15, -0.1) is 0 Å². The van der Waals surface area contributed by atoms with Gasteiger partial charge in [0.1, 0.15) is 6.54 Å². The first-order chi connectivity index (χ1) is 14.1. The summed E-state index contributed by atoms with van der Waals surface area (Å²) in [6.45, 7) is -0.577. The Morgan fingerprint density at radius 2 is 1.52 bits per heavy atom. The highest BCUT2D eigenvalue weighted by Crippen LogP contribution is 2.42. The van der Waals surface area contributed by atoms with Crippen molar-refractivity contribution in [3.05, 3.63) is 66.4 Å². The van der Waals surface area contributed by atoms with E-state index >= 15 is 0 Å². The molecule has 4 aromatic rings. The van der Waals surface area contributed by atoms with Gasteiger partial charge in [-0.2, -0.15) is 4.37 Å². The summed E-state index contributed by atoms with van der Waals surface area (Å²) < 4.78 is 5.14. The number of carbonyl (C=O) groups excluding carboxylic acids is 1. The van der Waals surface area contributed by atoms with Crippen molar-refractivity contribution in [1.82, 2.24) is 14.7 Å². The SMILES string of the molecule is O=C(O)CNC(=O)c1nc(-c2ccccc2)c2snc(-c3ccccc3)c2c1O. The summed E-state index contributed by atoms with van der Waals surface area (Å²) in [6, 6.07) is 18.6. The first-order valence-corrected chi connectivity index (χ1v) is 9.46. The lowest BCUT2D eigenvalue weighted by molar-refractivity contribution is -0.135. The van der Waals surface area contributed by atoms with Crippen molar-refractivity contribution in [2.45, 2.75) is 0 Å². The van der Waals surface area contributed by atoms with Crippen molar-refractivity contribution in [3.8, 4) is 28.3 Å². The molecule has 0 aliphatic rings. The van der Waals surface area contributed by atoms with Crippen LogP contribution in [0.5, 0.6) is 5.75 Å². The highest BCUT2D eigenvalue weighted by Gasteiger charge is 2.25. The van der Waals surface area contributed by atoms with Crippen LogP contribution in [0.15, 0.2) is 60.7 Å². The van der Waals surface area contributed by atoms with Gasteiger partial charge >= 0.3 is 5.97 Å². The molecule has 0 saturated heterocycles. The summed E-state index contributed by atoms with van der Waals surface area (Å²) in [7, 11) is 0. The van der Waals surface area contributed by atoms with Crippen LogP contribution in [0.25, 0.3) is 32.6 Å². The number of nitrogens with zero attached hydrogens (tertiary/aromatic N) is 2. The van der Waals surface area contributed by atoms with Crippen molar-refractivity contribution in [2.24, 2.45) is 0 Å². The van der Waals surface area contributed by atoms with Gasteiger partial charge in [0.25, 0.3) is 5.91 Å². The third-order valence-corrected chi connectivity index (χ3v) is 5.16. The molecule has 0 bridgehead atoms. The zero-order chi connectivity index (χ0) is 20.4. The maximum Gasteiger partial charge on any atom is 0.322 e. The standard InChI is InChI=1S/C21H15N3O4S/c25-14(26)11-22-21(28)18-19(27)15-16(12-7-3-1-4-8-12)24-29-20(15)17(23-18)13-9-5-2-6-10-13/h1-10,27H,11H2,(H,22,28)(H,25,26). The topological polar surface area (TPSA) is 112 Å². The molecule has 7 nitrogen and oxygen atoms in total. The van der Waals surface area contributed by atoms with Crippen molar-refractivity contribution in [2.75, 3.05) is 6.54 Å². The summed E-state index contributed by atoms with van der Waals surface area (Å²) in [6.07, 6.45) is 0. The molecular formula is C21H15N3O4S. The van der Waals surface area contributed by atoms with Gasteiger partial charge < -0.3 is 15.5 Å². The molecule has 0 atom stereocenters. The predicted molar refractivity (Wildman–Crippen MR) is 110 cm³/mol. The highest BCUT2D eigenvalue weighted by atomic mass is 32.1. The molecule has 0 spiro atoms. The molecule has 29 heavy (non-hydrogen) atoms.